The van der Waals surface area contributed by atoms with Gasteiger partial charge in [-0.2, -0.15) is 0 Å². The lowest BCUT2D eigenvalue weighted by Crippen LogP contribution is -2.40. The molecule has 2 heterocycles. The van der Waals surface area contributed by atoms with Gasteiger partial charge in [-0.3, -0.25) is 4.79 Å². The van der Waals surface area contributed by atoms with Crippen molar-refractivity contribution in [2.75, 3.05) is 43.1 Å². The van der Waals surface area contributed by atoms with Gasteiger partial charge in [0.25, 0.3) is 0 Å². The topological polar surface area (TPSA) is 50.8 Å². The summed E-state index contributed by atoms with van der Waals surface area (Å²) in [5, 5.41) is 2.94. The van der Waals surface area contributed by atoms with Crippen LogP contribution in [0.5, 0.6) is 0 Å². The Labute approximate surface area is 112 Å². The van der Waals surface area contributed by atoms with Crippen LogP contribution in [0.4, 0.5) is 11.4 Å². The highest BCUT2D eigenvalue weighted by Crippen LogP contribution is 2.28. The lowest BCUT2D eigenvalue weighted by atomic mass is 10.2. The molecule has 1 unspecified atom stereocenters. The first-order chi connectivity index (χ1) is 9.33. The SMILES string of the molecule is O=C1CCN(CC2COCCO2)c2ccccc2N1. The first-order valence-electron chi connectivity index (χ1n) is 6.66. The maximum absolute atomic E-state index is 11.7. The number of benzene rings is 1. The summed E-state index contributed by atoms with van der Waals surface area (Å²) < 4.78 is 11.1. The van der Waals surface area contributed by atoms with Crippen molar-refractivity contribution in [2.45, 2.75) is 12.5 Å². The number of ether oxygens (including phenoxy) is 2. The largest absolute Gasteiger partial charge is 0.376 e. The summed E-state index contributed by atoms with van der Waals surface area (Å²) in [6.45, 7) is 3.42. The van der Waals surface area contributed by atoms with Crippen LogP contribution in [0.25, 0.3) is 0 Å². The van der Waals surface area contributed by atoms with E-state index < -0.39 is 0 Å². The molecule has 0 bridgehead atoms. The van der Waals surface area contributed by atoms with E-state index in [2.05, 4.69) is 10.2 Å². The number of carbonyl (C=O) groups is 1. The van der Waals surface area contributed by atoms with Gasteiger partial charge in [0.15, 0.2) is 0 Å². The van der Waals surface area contributed by atoms with Gasteiger partial charge in [-0.15, -0.1) is 0 Å². The van der Waals surface area contributed by atoms with Gasteiger partial charge in [-0.1, -0.05) is 12.1 Å². The minimum atomic E-state index is 0.0655. The smallest absolute Gasteiger partial charge is 0.226 e. The van der Waals surface area contributed by atoms with Gasteiger partial charge < -0.3 is 19.7 Å². The fourth-order valence-corrected chi connectivity index (χ4v) is 2.50. The molecule has 0 radical (unpaired) electrons. The van der Waals surface area contributed by atoms with Crippen molar-refractivity contribution in [3.63, 3.8) is 0 Å². The molecule has 2 aliphatic rings. The van der Waals surface area contributed by atoms with Crippen LogP contribution in [0.3, 0.4) is 0 Å². The molecule has 5 heteroatoms. The molecular weight excluding hydrogens is 244 g/mol. The number of para-hydroxylation sites is 2. The van der Waals surface area contributed by atoms with Gasteiger partial charge in [0.2, 0.25) is 5.91 Å². The van der Waals surface area contributed by atoms with Crippen molar-refractivity contribution >= 4 is 17.3 Å². The van der Waals surface area contributed by atoms with Gasteiger partial charge >= 0.3 is 0 Å². The van der Waals surface area contributed by atoms with Crippen molar-refractivity contribution in [1.82, 2.24) is 0 Å². The lowest BCUT2D eigenvalue weighted by molar-refractivity contribution is -0.116. The van der Waals surface area contributed by atoms with E-state index in [0.717, 1.165) is 17.9 Å². The van der Waals surface area contributed by atoms with Gasteiger partial charge in [0, 0.05) is 19.5 Å². The van der Waals surface area contributed by atoms with Crippen LogP contribution in [0.2, 0.25) is 0 Å². The van der Waals surface area contributed by atoms with Crippen molar-refractivity contribution < 1.29 is 14.3 Å². The highest BCUT2D eigenvalue weighted by molar-refractivity contribution is 5.96. The molecule has 5 nitrogen and oxygen atoms in total. The van der Waals surface area contributed by atoms with Crippen molar-refractivity contribution in [3.05, 3.63) is 24.3 Å². The summed E-state index contributed by atoms with van der Waals surface area (Å²) in [5.41, 5.74) is 1.93. The number of fused-ring (bicyclic) bond motifs is 1. The van der Waals surface area contributed by atoms with Crippen LogP contribution in [0.15, 0.2) is 24.3 Å². The summed E-state index contributed by atoms with van der Waals surface area (Å²) in [6.07, 6.45) is 0.581. The van der Waals surface area contributed by atoms with E-state index in [1.807, 2.05) is 24.3 Å². The molecule has 0 saturated carbocycles. The molecule has 2 aliphatic heterocycles. The molecule has 1 atom stereocenters. The number of carbonyl (C=O) groups excluding carboxylic acids is 1. The normalized spacial score (nSPS) is 23.5. The Bertz CT molecular complexity index is 458. The Kier molecular flexibility index (Phi) is 3.66. The molecule has 0 aromatic heterocycles. The number of amides is 1. The molecule has 3 rings (SSSR count). The molecule has 1 saturated heterocycles. The summed E-state index contributed by atoms with van der Waals surface area (Å²) in [7, 11) is 0. The molecule has 1 amide bonds. The van der Waals surface area contributed by atoms with Crippen molar-refractivity contribution in [2.24, 2.45) is 0 Å². The third kappa shape index (κ3) is 2.88. The number of nitrogens with one attached hydrogen (secondary N) is 1. The van der Waals surface area contributed by atoms with Crippen molar-refractivity contribution in [3.8, 4) is 0 Å². The molecule has 0 spiro atoms. The Hall–Kier alpha value is -1.59. The molecule has 1 aromatic carbocycles. The second kappa shape index (κ2) is 5.59. The number of nitrogens with zero attached hydrogens (tertiary/aromatic N) is 1. The number of rotatable bonds is 2. The monoisotopic (exact) mass is 262 g/mol. The molecule has 19 heavy (non-hydrogen) atoms. The van der Waals surface area contributed by atoms with E-state index in [4.69, 9.17) is 9.47 Å². The maximum atomic E-state index is 11.7. The predicted molar refractivity (Wildman–Crippen MR) is 72.5 cm³/mol. The maximum Gasteiger partial charge on any atom is 0.226 e. The number of hydrogen-bond donors (Lipinski definition) is 1. The van der Waals surface area contributed by atoms with Crippen LogP contribution < -0.4 is 10.2 Å². The predicted octanol–water partition coefficient (Wildman–Crippen LogP) is 1.25. The van der Waals surface area contributed by atoms with Gasteiger partial charge in [-0.25, -0.2) is 0 Å². The molecule has 0 aliphatic carbocycles. The van der Waals surface area contributed by atoms with E-state index in [-0.39, 0.29) is 12.0 Å². The zero-order valence-electron chi connectivity index (χ0n) is 10.8. The molecule has 1 aromatic rings. The Morgan fingerprint density at radius 1 is 1.32 bits per heavy atom. The zero-order valence-corrected chi connectivity index (χ0v) is 10.8. The van der Waals surface area contributed by atoms with Gasteiger partial charge in [0.1, 0.15) is 0 Å². The summed E-state index contributed by atoms with van der Waals surface area (Å²) in [4.78, 5) is 13.9. The van der Waals surface area contributed by atoms with E-state index in [9.17, 15) is 4.79 Å². The summed E-state index contributed by atoms with van der Waals surface area (Å²) >= 11 is 0. The van der Waals surface area contributed by atoms with E-state index in [1.165, 1.54) is 0 Å². The Morgan fingerprint density at radius 2 is 2.21 bits per heavy atom. The first kappa shape index (κ1) is 12.4. The zero-order chi connectivity index (χ0) is 13.1. The third-order valence-electron chi connectivity index (χ3n) is 3.44. The van der Waals surface area contributed by atoms with Crippen LogP contribution in [-0.2, 0) is 14.3 Å². The van der Waals surface area contributed by atoms with Gasteiger partial charge in [0.05, 0.1) is 37.3 Å². The highest BCUT2D eigenvalue weighted by Gasteiger charge is 2.23. The van der Waals surface area contributed by atoms with Crippen LogP contribution in [0.1, 0.15) is 6.42 Å². The fourth-order valence-electron chi connectivity index (χ4n) is 2.50. The van der Waals surface area contributed by atoms with Gasteiger partial charge in [-0.05, 0) is 12.1 Å². The highest BCUT2D eigenvalue weighted by atomic mass is 16.6. The number of hydrogen-bond acceptors (Lipinski definition) is 4. The van der Waals surface area contributed by atoms with Crippen molar-refractivity contribution in [1.29, 1.82) is 0 Å². The van der Waals surface area contributed by atoms with E-state index in [0.29, 0.717) is 32.8 Å². The molecular formula is C14H18N2O3. The molecule has 102 valence electrons. The first-order valence-corrected chi connectivity index (χ1v) is 6.66. The summed E-state index contributed by atoms with van der Waals surface area (Å²) in [6, 6.07) is 7.89. The van der Waals surface area contributed by atoms with E-state index >= 15 is 0 Å². The summed E-state index contributed by atoms with van der Waals surface area (Å²) in [5.74, 6) is 0.0655. The second-order valence-electron chi connectivity index (χ2n) is 4.83. The minimum absolute atomic E-state index is 0.0655. The molecule has 1 fully saturated rings. The van der Waals surface area contributed by atoms with Crippen LogP contribution in [-0.4, -0.2) is 44.9 Å². The second-order valence-corrected chi connectivity index (χ2v) is 4.83. The third-order valence-corrected chi connectivity index (χ3v) is 3.44. The average molecular weight is 262 g/mol. The average Bonchev–Trinajstić information content (AvgIpc) is 2.60. The quantitative estimate of drug-likeness (QED) is 0.871. The minimum Gasteiger partial charge on any atom is -0.376 e. The standard InChI is InChI=1S/C14H18N2O3/c17-14-5-6-16(9-11-10-18-7-8-19-11)13-4-2-1-3-12(13)15-14/h1-4,11H,5-10H2,(H,15,17). The molecule has 1 N–H and O–H groups in total. The fraction of sp³-hybridized carbons (Fsp3) is 0.500. The van der Waals surface area contributed by atoms with Crippen LogP contribution >= 0.6 is 0 Å². The van der Waals surface area contributed by atoms with Crippen LogP contribution in [0, 0.1) is 0 Å². The Morgan fingerprint density at radius 3 is 3.05 bits per heavy atom. The van der Waals surface area contributed by atoms with E-state index in [1.54, 1.807) is 0 Å². The Balaban J connectivity index is 1.78. The lowest BCUT2D eigenvalue weighted by Gasteiger charge is -2.31. The number of anilines is 2.